The van der Waals surface area contributed by atoms with E-state index in [2.05, 4.69) is 9.97 Å². The third-order valence-corrected chi connectivity index (χ3v) is 4.85. The first-order valence-electron chi connectivity index (χ1n) is 8.56. The Labute approximate surface area is 162 Å². The lowest BCUT2D eigenvalue weighted by atomic mass is 10.0. The number of aryl methyl sites for hydroxylation is 1. The van der Waals surface area contributed by atoms with Crippen molar-refractivity contribution in [3.63, 3.8) is 0 Å². The molecule has 0 saturated heterocycles. The van der Waals surface area contributed by atoms with Crippen LogP contribution in [0.5, 0.6) is 0 Å². The SMILES string of the molecule is COC(OC)c1ccc2c(n1)[N+](C(N)=O)(c1cc(C#N)c(C#N)cn1)CCC2. The van der Waals surface area contributed by atoms with E-state index < -0.39 is 16.8 Å². The maximum Gasteiger partial charge on any atom is 0.426 e. The third-order valence-electron chi connectivity index (χ3n) is 4.85. The Bertz CT molecular complexity index is 1010. The van der Waals surface area contributed by atoms with Crippen molar-refractivity contribution in [2.75, 3.05) is 20.8 Å². The predicted molar refractivity (Wildman–Crippen MR) is 98.9 cm³/mol. The van der Waals surface area contributed by atoms with Crippen LogP contribution in [-0.4, -0.2) is 36.8 Å². The second-order valence-corrected chi connectivity index (χ2v) is 6.31. The van der Waals surface area contributed by atoms with Crippen LogP contribution in [0.1, 0.15) is 35.1 Å². The average Bonchev–Trinajstić information content (AvgIpc) is 2.73. The van der Waals surface area contributed by atoms with E-state index in [0.717, 1.165) is 12.0 Å². The van der Waals surface area contributed by atoms with Gasteiger partial charge in [-0.05, 0) is 18.6 Å². The number of carbonyl (C=O) groups is 1. The molecule has 2 amide bonds. The number of methoxy groups -OCH3 is 2. The normalized spacial score (nSPS) is 18.2. The number of hydrogen-bond acceptors (Lipinski definition) is 7. The number of aromatic nitrogens is 2. The lowest BCUT2D eigenvalue weighted by Crippen LogP contribution is -2.56. The quantitative estimate of drug-likeness (QED) is 0.635. The van der Waals surface area contributed by atoms with Crippen LogP contribution >= 0.6 is 0 Å². The second kappa shape index (κ2) is 7.71. The van der Waals surface area contributed by atoms with Gasteiger partial charge >= 0.3 is 6.03 Å². The molecule has 1 atom stereocenters. The van der Waals surface area contributed by atoms with Gasteiger partial charge in [0.05, 0.1) is 17.3 Å². The van der Waals surface area contributed by atoms with E-state index in [-0.39, 0.29) is 16.9 Å². The zero-order valence-corrected chi connectivity index (χ0v) is 15.5. The lowest BCUT2D eigenvalue weighted by Gasteiger charge is -2.35. The van der Waals surface area contributed by atoms with Crippen LogP contribution in [0.4, 0.5) is 16.4 Å². The molecular formula is C19H19N6O3+. The molecule has 0 aromatic carbocycles. The minimum Gasteiger partial charge on any atom is -0.350 e. The Morgan fingerprint density at radius 2 is 1.96 bits per heavy atom. The molecule has 2 N–H and O–H groups in total. The first-order valence-corrected chi connectivity index (χ1v) is 8.56. The van der Waals surface area contributed by atoms with Gasteiger partial charge in [-0.15, -0.1) is 4.48 Å². The number of rotatable bonds is 4. The molecule has 142 valence electrons. The van der Waals surface area contributed by atoms with Crippen molar-refractivity contribution in [3.05, 3.63) is 46.8 Å². The molecule has 1 aliphatic heterocycles. The molecule has 0 aliphatic carbocycles. The van der Waals surface area contributed by atoms with Gasteiger partial charge in [0, 0.05) is 32.3 Å². The van der Waals surface area contributed by atoms with Gasteiger partial charge < -0.3 is 15.2 Å². The van der Waals surface area contributed by atoms with E-state index in [9.17, 15) is 10.1 Å². The highest BCUT2D eigenvalue weighted by molar-refractivity contribution is 5.92. The highest BCUT2D eigenvalue weighted by Crippen LogP contribution is 2.40. The molecule has 28 heavy (non-hydrogen) atoms. The third kappa shape index (κ3) is 2.98. The molecule has 9 nitrogen and oxygen atoms in total. The molecule has 0 saturated carbocycles. The molecule has 0 radical (unpaired) electrons. The lowest BCUT2D eigenvalue weighted by molar-refractivity contribution is -0.108. The summed E-state index contributed by atoms with van der Waals surface area (Å²) in [5.74, 6) is 0.677. The fourth-order valence-electron chi connectivity index (χ4n) is 3.48. The summed E-state index contributed by atoms with van der Waals surface area (Å²) in [5, 5.41) is 18.5. The fourth-order valence-corrected chi connectivity index (χ4v) is 3.48. The van der Waals surface area contributed by atoms with Gasteiger partial charge in [-0.1, -0.05) is 0 Å². The Kier molecular flexibility index (Phi) is 5.34. The van der Waals surface area contributed by atoms with Gasteiger partial charge in [0.2, 0.25) is 17.9 Å². The van der Waals surface area contributed by atoms with Crippen LogP contribution in [0.25, 0.3) is 0 Å². The van der Waals surface area contributed by atoms with Crippen LogP contribution in [0.2, 0.25) is 0 Å². The molecule has 9 heteroatoms. The van der Waals surface area contributed by atoms with Crippen molar-refractivity contribution < 1.29 is 14.3 Å². The average molecular weight is 379 g/mol. The van der Waals surface area contributed by atoms with Gasteiger partial charge in [-0.3, -0.25) is 0 Å². The van der Waals surface area contributed by atoms with Gasteiger partial charge in [0.15, 0.2) is 0 Å². The zero-order valence-electron chi connectivity index (χ0n) is 15.5. The van der Waals surface area contributed by atoms with E-state index >= 15 is 0 Å². The molecule has 0 bridgehead atoms. The predicted octanol–water partition coefficient (Wildman–Crippen LogP) is 2.18. The summed E-state index contributed by atoms with van der Waals surface area (Å²) >= 11 is 0. The van der Waals surface area contributed by atoms with Crippen molar-refractivity contribution in [2.24, 2.45) is 5.73 Å². The summed E-state index contributed by atoms with van der Waals surface area (Å²) in [5.41, 5.74) is 7.44. The van der Waals surface area contributed by atoms with E-state index in [1.54, 1.807) is 6.07 Å². The topological polar surface area (TPSA) is 135 Å². The van der Waals surface area contributed by atoms with Gasteiger partial charge in [-0.25, -0.2) is 9.78 Å². The van der Waals surface area contributed by atoms with Crippen LogP contribution in [0.15, 0.2) is 24.4 Å². The van der Waals surface area contributed by atoms with E-state index in [4.69, 9.17) is 20.5 Å². The summed E-state index contributed by atoms with van der Waals surface area (Å²) in [6.07, 6.45) is 1.98. The van der Waals surface area contributed by atoms with Gasteiger partial charge in [-0.2, -0.15) is 15.5 Å². The largest absolute Gasteiger partial charge is 0.426 e. The van der Waals surface area contributed by atoms with Crippen molar-refractivity contribution >= 4 is 17.7 Å². The van der Waals surface area contributed by atoms with Gasteiger partial charge in [0.25, 0.3) is 0 Å². The minimum absolute atomic E-state index is 0.126. The number of urea groups is 1. The molecular weight excluding hydrogens is 360 g/mol. The highest BCUT2D eigenvalue weighted by atomic mass is 16.7. The smallest absolute Gasteiger partial charge is 0.350 e. The summed E-state index contributed by atoms with van der Waals surface area (Å²) in [7, 11) is 2.99. The number of fused-ring (bicyclic) bond motifs is 1. The summed E-state index contributed by atoms with van der Waals surface area (Å²) in [6.45, 7) is 0.340. The number of primary amides is 1. The maximum atomic E-state index is 12.7. The Balaban J connectivity index is 2.27. The molecule has 0 fully saturated rings. The second-order valence-electron chi connectivity index (χ2n) is 6.31. The number of quaternary nitrogens is 1. The Morgan fingerprint density at radius 1 is 1.25 bits per heavy atom. The maximum absolute atomic E-state index is 12.7. The monoisotopic (exact) mass is 379 g/mol. The van der Waals surface area contributed by atoms with E-state index in [0.29, 0.717) is 24.5 Å². The summed E-state index contributed by atoms with van der Waals surface area (Å²) in [4.78, 5) is 21.6. The molecule has 0 spiro atoms. The van der Waals surface area contributed by atoms with Crippen molar-refractivity contribution in [2.45, 2.75) is 19.1 Å². The molecule has 2 aromatic heterocycles. The van der Waals surface area contributed by atoms with Crippen LogP contribution in [-0.2, 0) is 15.9 Å². The first kappa shape index (κ1) is 19.4. The molecule has 1 unspecified atom stereocenters. The Hall–Kier alpha value is -3.37. The van der Waals surface area contributed by atoms with Crippen LogP contribution < -0.4 is 10.2 Å². The number of ether oxygens (including phenoxy) is 2. The molecule has 2 aromatic rings. The number of hydrogen-bond donors (Lipinski definition) is 1. The Morgan fingerprint density at radius 3 is 2.57 bits per heavy atom. The van der Waals surface area contributed by atoms with Crippen molar-refractivity contribution in [3.8, 4) is 12.1 Å². The van der Waals surface area contributed by atoms with Crippen LogP contribution in [0.3, 0.4) is 0 Å². The number of carbonyl (C=O) groups excluding carboxylic acids is 1. The van der Waals surface area contributed by atoms with E-state index in [1.165, 1.54) is 26.5 Å². The number of amides is 2. The van der Waals surface area contributed by atoms with Gasteiger partial charge in [0.1, 0.15) is 24.4 Å². The van der Waals surface area contributed by atoms with E-state index in [1.807, 2.05) is 18.2 Å². The highest BCUT2D eigenvalue weighted by Gasteiger charge is 2.47. The van der Waals surface area contributed by atoms with Crippen LogP contribution in [0, 0.1) is 22.7 Å². The first-order chi connectivity index (χ1) is 13.5. The van der Waals surface area contributed by atoms with Crippen molar-refractivity contribution in [1.82, 2.24) is 14.5 Å². The zero-order chi connectivity index (χ0) is 20.3. The fraction of sp³-hybridized carbons (Fsp3) is 0.316. The molecule has 3 heterocycles. The van der Waals surface area contributed by atoms with Crippen molar-refractivity contribution in [1.29, 1.82) is 10.5 Å². The molecule has 1 aliphatic rings. The standard InChI is InChI=1S/C19H18N6O3/c1-27-18(28-2)15-6-5-12-4-3-7-25(19(22)26,17(12)24-15)16-8-13(9-20)14(10-21)11-23-16/h5-6,8,11,18H,3-4,7H2,1-2H3,(H-,22,26)/p+1. The number of nitrogens with two attached hydrogens (primary N) is 1. The number of pyridine rings is 2. The summed E-state index contributed by atoms with van der Waals surface area (Å²) in [6, 6.07) is 8.30. The summed E-state index contributed by atoms with van der Waals surface area (Å²) < 4.78 is 10.1. The number of nitrogens with zero attached hydrogens (tertiary/aromatic N) is 5. The number of nitriles is 2. The minimum atomic E-state index is -0.703. The molecule has 3 rings (SSSR count).